The molecule has 2 fully saturated rings. The summed E-state index contributed by atoms with van der Waals surface area (Å²) in [5, 5.41) is 12.3. The molecule has 2 unspecified atom stereocenters. The molecule has 0 aromatic carbocycles. The zero-order valence-electron chi connectivity index (χ0n) is 13.3. The van der Waals surface area contributed by atoms with Crippen LogP contribution >= 0.6 is 0 Å². The van der Waals surface area contributed by atoms with Gasteiger partial charge in [-0.3, -0.25) is 4.40 Å². The molecule has 22 heavy (non-hydrogen) atoms. The molecule has 0 saturated carbocycles. The Hall–Kier alpha value is -1.46. The maximum Gasteiger partial charge on any atom is 0.160 e. The number of rotatable bonds is 3. The Morgan fingerprint density at radius 2 is 2.32 bits per heavy atom. The highest BCUT2D eigenvalue weighted by Gasteiger charge is 2.33. The lowest BCUT2D eigenvalue weighted by Gasteiger charge is -2.37. The summed E-state index contributed by atoms with van der Waals surface area (Å²) >= 11 is 0. The second-order valence-corrected chi connectivity index (χ2v) is 7.30. The Kier molecular flexibility index (Phi) is 3.62. The number of likely N-dealkylation sites (tertiary alicyclic amines) is 1. The molecular formula is C17H25N5. The van der Waals surface area contributed by atoms with Crippen LogP contribution in [-0.2, 0) is 0 Å². The van der Waals surface area contributed by atoms with Crippen LogP contribution in [0.4, 0.5) is 0 Å². The van der Waals surface area contributed by atoms with Crippen molar-refractivity contribution in [3.8, 4) is 0 Å². The third-order valence-corrected chi connectivity index (χ3v) is 5.27. The molecule has 2 saturated heterocycles. The lowest BCUT2D eigenvalue weighted by atomic mass is 9.87. The van der Waals surface area contributed by atoms with Crippen LogP contribution in [0.1, 0.15) is 37.9 Å². The lowest BCUT2D eigenvalue weighted by molar-refractivity contribution is 0.139. The number of fused-ring (bicyclic) bond motifs is 1. The topological polar surface area (TPSA) is 45.5 Å². The smallest absolute Gasteiger partial charge is 0.160 e. The fourth-order valence-electron chi connectivity index (χ4n) is 4.09. The van der Waals surface area contributed by atoms with Crippen molar-refractivity contribution in [3.63, 3.8) is 0 Å². The molecular weight excluding hydrogens is 274 g/mol. The van der Waals surface area contributed by atoms with Gasteiger partial charge >= 0.3 is 0 Å². The molecule has 5 heteroatoms. The molecule has 0 bridgehead atoms. The summed E-state index contributed by atoms with van der Waals surface area (Å²) in [4.78, 5) is 2.64. The molecule has 118 valence electrons. The van der Waals surface area contributed by atoms with Crippen molar-refractivity contribution in [1.82, 2.24) is 24.8 Å². The van der Waals surface area contributed by atoms with Crippen LogP contribution in [0.25, 0.3) is 5.65 Å². The van der Waals surface area contributed by atoms with Crippen LogP contribution in [0.3, 0.4) is 0 Å². The van der Waals surface area contributed by atoms with E-state index >= 15 is 0 Å². The molecule has 2 aromatic heterocycles. The van der Waals surface area contributed by atoms with Gasteiger partial charge in [-0.25, -0.2) is 0 Å². The number of aromatic nitrogens is 3. The van der Waals surface area contributed by atoms with E-state index in [9.17, 15) is 0 Å². The maximum atomic E-state index is 4.48. The summed E-state index contributed by atoms with van der Waals surface area (Å²) in [5.74, 6) is 1.64. The molecule has 1 N–H and O–H groups in total. The van der Waals surface area contributed by atoms with Gasteiger partial charge in [0.25, 0.3) is 0 Å². The summed E-state index contributed by atoms with van der Waals surface area (Å²) in [6.07, 6.45) is 5.87. The second kappa shape index (κ2) is 5.63. The molecule has 0 radical (unpaired) electrons. The standard InChI is InChI=1S/C17H25N5/c1-17(7-8-18-12-17)13-21-9-4-5-14(11-21)16-20-19-15-6-2-3-10-22(15)16/h2-3,6,10,14,18H,4-5,7-9,11-13H2,1H3. The quantitative estimate of drug-likeness (QED) is 0.940. The van der Waals surface area contributed by atoms with Crippen LogP contribution in [0.5, 0.6) is 0 Å². The van der Waals surface area contributed by atoms with Crippen molar-refractivity contribution in [2.24, 2.45) is 5.41 Å². The SMILES string of the molecule is CC1(CN2CCCC(c3nnc4ccccn34)C2)CCNC1. The van der Waals surface area contributed by atoms with E-state index in [2.05, 4.69) is 44.0 Å². The van der Waals surface area contributed by atoms with E-state index in [0.29, 0.717) is 11.3 Å². The van der Waals surface area contributed by atoms with Crippen LogP contribution in [0.15, 0.2) is 24.4 Å². The normalized spacial score (nSPS) is 30.1. The molecule has 2 aliphatic heterocycles. The minimum atomic E-state index is 0.439. The van der Waals surface area contributed by atoms with Crippen LogP contribution < -0.4 is 5.32 Å². The Balaban J connectivity index is 1.51. The van der Waals surface area contributed by atoms with Gasteiger partial charge in [0.05, 0.1) is 0 Å². The third kappa shape index (κ3) is 2.63. The maximum absolute atomic E-state index is 4.48. The van der Waals surface area contributed by atoms with E-state index in [1.165, 1.54) is 38.9 Å². The van der Waals surface area contributed by atoms with Crippen LogP contribution in [-0.4, -0.2) is 52.2 Å². The largest absolute Gasteiger partial charge is 0.316 e. The lowest BCUT2D eigenvalue weighted by Crippen LogP contribution is -2.42. The summed E-state index contributed by atoms with van der Waals surface area (Å²) < 4.78 is 2.16. The van der Waals surface area contributed by atoms with Gasteiger partial charge in [-0.2, -0.15) is 0 Å². The fraction of sp³-hybridized carbons (Fsp3) is 0.647. The average Bonchev–Trinajstić information content (AvgIpc) is 3.14. The van der Waals surface area contributed by atoms with Gasteiger partial charge in [0.15, 0.2) is 5.65 Å². The van der Waals surface area contributed by atoms with Crippen molar-refractivity contribution in [3.05, 3.63) is 30.2 Å². The summed E-state index contributed by atoms with van der Waals surface area (Å²) in [7, 11) is 0. The average molecular weight is 299 g/mol. The van der Waals surface area contributed by atoms with Crippen molar-refractivity contribution in [2.75, 3.05) is 32.7 Å². The van der Waals surface area contributed by atoms with Gasteiger partial charge in [-0.1, -0.05) is 13.0 Å². The van der Waals surface area contributed by atoms with Gasteiger partial charge < -0.3 is 10.2 Å². The Morgan fingerprint density at radius 3 is 3.18 bits per heavy atom. The van der Waals surface area contributed by atoms with E-state index in [-0.39, 0.29) is 0 Å². The first-order valence-electron chi connectivity index (χ1n) is 8.46. The van der Waals surface area contributed by atoms with Crippen LogP contribution in [0.2, 0.25) is 0 Å². The van der Waals surface area contributed by atoms with Gasteiger partial charge in [-0.15, -0.1) is 10.2 Å². The Bertz CT molecular complexity index is 643. The summed E-state index contributed by atoms with van der Waals surface area (Å²) in [6, 6.07) is 6.11. The molecule has 4 rings (SSSR count). The van der Waals surface area contributed by atoms with E-state index in [1.807, 2.05) is 12.1 Å². The first-order chi connectivity index (χ1) is 10.7. The van der Waals surface area contributed by atoms with E-state index < -0.39 is 0 Å². The monoisotopic (exact) mass is 299 g/mol. The Morgan fingerprint density at radius 1 is 1.36 bits per heavy atom. The zero-order chi connectivity index (χ0) is 15.0. The number of piperidine rings is 1. The van der Waals surface area contributed by atoms with Gasteiger partial charge in [-0.05, 0) is 49.9 Å². The van der Waals surface area contributed by atoms with Crippen molar-refractivity contribution in [2.45, 2.75) is 32.1 Å². The molecule has 2 aromatic rings. The number of nitrogens with zero attached hydrogens (tertiary/aromatic N) is 4. The Labute approximate surface area is 131 Å². The highest BCUT2D eigenvalue weighted by Crippen LogP contribution is 2.31. The van der Waals surface area contributed by atoms with Crippen molar-refractivity contribution >= 4 is 5.65 Å². The number of hydrogen-bond acceptors (Lipinski definition) is 4. The minimum absolute atomic E-state index is 0.439. The zero-order valence-corrected chi connectivity index (χ0v) is 13.3. The first kappa shape index (κ1) is 14.2. The fourth-order valence-corrected chi connectivity index (χ4v) is 4.09. The molecule has 5 nitrogen and oxygen atoms in total. The summed E-state index contributed by atoms with van der Waals surface area (Å²) in [6.45, 7) is 8.29. The van der Waals surface area contributed by atoms with Crippen molar-refractivity contribution in [1.29, 1.82) is 0 Å². The number of nitrogens with one attached hydrogen (secondary N) is 1. The third-order valence-electron chi connectivity index (χ3n) is 5.27. The molecule has 4 heterocycles. The molecule has 2 atom stereocenters. The highest BCUT2D eigenvalue weighted by molar-refractivity contribution is 5.37. The first-order valence-corrected chi connectivity index (χ1v) is 8.46. The van der Waals surface area contributed by atoms with E-state index in [0.717, 1.165) is 24.6 Å². The van der Waals surface area contributed by atoms with Crippen molar-refractivity contribution < 1.29 is 0 Å². The molecule has 2 aliphatic rings. The molecule has 0 amide bonds. The minimum Gasteiger partial charge on any atom is -0.316 e. The van der Waals surface area contributed by atoms with E-state index in [4.69, 9.17) is 0 Å². The highest BCUT2D eigenvalue weighted by atomic mass is 15.3. The van der Waals surface area contributed by atoms with Gasteiger partial charge in [0.1, 0.15) is 5.82 Å². The molecule has 0 aliphatic carbocycles. The van der Waals surface area contributed by atoms with Gasteiger partial charge in [0.2, 0.25) is 0 Å². The predicted octanol–water partition coefficient (Wildman–Crippen LogP) is 1.91. The second-order valence-electron chi connectivity index (χ2n) is 7.30. The summed E-state index contributed by atoms with van der Waals surface area (Å²) in [5.41, 5.74) is 1.40. The predicted molar refractivity (Wildman–Crippen MR) is 87.0 cm³/mol. The molecule has 0 spiro atoms. The van der Waals surface area contributed by atoms with Crippen LogP contribution in [0, 0.1) is 5.41 Å². The number of hydrogen-bond donors (Lipinski definition) is 1. The van der Waals surface area contributed by atoms with Gasteiger partial charge in [0, 0.05) is 31.7 Å². The van der Waals surface area contributed by atoms with E-state index in [1.54, 1.807) is 0 Å². The number of pyridine rings is 1.